The van der Waals surface area contributed by atoms with Gasteiger partial charge in [-0.25, -0.2) is 4.79 Å². The molecule has 1 aromatic heterocycles. The Labute approximate surface area is 149 Å². The van der Waals surface area contributed by atoms with Crippen molar-refractivity contribution >= 4 is 44.6 Å². The number of aromatic nitrogens is 1. The quantitative estimate of drug-likeness (QED) is 0.501. The highest BCUT2D eigenvalue weighted by Crippen LogP contribution is 2.26. The molecule has 0 saturated carbocycles. The van der Waals surface area contributed by atoms with Crippen LogP contribution in [0.1, 0.15) is 15.9 Å². The van der Waals surface area contributed by atoms with E-state index in [2.05, 4.69) is 25.9 Å². The van der Waals surface area contributed by atoms with Gasteiger partial charge in [-0.3, -0.25) is 14.8 Å². The first-order chi connectivity index (χ1) is 11.9. The number of pyridine rings is 1. The summed E-state index contributed by atoms with van der Waals surface area (Å²) in [5.74, 6) is -2.00. The van der Waals surface area contributed by atoms with Gasteiger partial charge in [0.2, 0.25) is 5.88 Å². The number of aliphatic imine (C=N–C) groups is 1. The Bertz CT molecular complexity index is 1090. The molecular formula is C17H11BrN2O5. The zero-order valence-corrected chi connectivity index (χ0v) is 14.1. The molecule has 0 aliphatic rings. The maximum atomic E-state index is 11.9. The number of carboxylic acids is 1. The van der Waals surface area contributed by atoms with Crippen molar-refractivity contribution in [1.82, 2.24) is 4.98 Å². The van der Waals surface area contributed by atoms with E-state index in [1.165, 1.54) is 24.4 Å². The molecule has 0 aliphatic carbocycles. The summed E-state index contributed by atoms with van der Waals surface area (Å²) in [4.78, 5) is 29.5. The minimum Gasteiger partial charge on any atom is -0.507 e. The summed E-state index contributed by atoms with van der Waals surface area (Å²) in [6.07, 6.45) is 1.32. The van der Waals surface area contributed by atoms with Gasteiger partial charge in [0.25, 0.3) is 5.56 Å². The predicted molar refractivity (Wildman–Crippen MR) is 96.3 cm³/mol. The summed E-state index contributed by atoms with van der Waals surface area (Å²) >= 11 is 3.31. The van der Waals surface area contributed by atoms with E-state index in [0.29, 0.717) is 10.8 Å². The summed E-state index contributed by atoms with van der Waals surface area (Å²) in [5.41, 5.74) is -0.173. The number of phenols is 1. The van der Waals surface area contributed by atoms with Crippen LogP contribution in [0, 0.1) is 0 Å². The Kier molecular flexibility index (Phi) is 4.28. The number of H-pyrrole nitrogens is 1. The molecule has 0 aliphatic heterocycles. The fourth-order valence-corrected chi connectivity index (χ4v) is 2.71. The van der Waals surface area contributed by atoms with Gasteiger partial charge >= 0.3 is 5.97 Å². The first-order valence-electron chi connectivity index (χ1n) is 7.01. The van der Waals surface area contributed by atoms with E-state index in [0.717, 1.165) is 4.47 Å². The molecule has 126 valence electrons. The van der Waals surface area contributed by atoms with Gasteiger partial charge in [0.1, 0.15) is 11.3 Å². The molecule has 2 aromatic carbocycles. The number of aromatic amines is 1. The van der Waals surface area contributed by atoms with E-state index in [-0.39, 0.29) is 28.4 Å². The molecule has 0 saturated heterocycles. The van der Waals surface area contributed by atoms with Crippen LogP contribution in [0.4, 0.5) is 5.69 Å². The predicted octanol–water partition coefficient (Wildman–Crippen LogP) is 3.15. The maximum absolute atomic E-state index is 11.9. The monoisotopic (exact) mass is 402 g/mol. The van der Waals surface area contributed by atoms with Crippen LogP contribution in [0.2, 0.25) is 0 Å². The zero-order valence-electron chi connectivity index (χ0n) is 12.5. The summed E-state index contributed by atoms with van der Waals surface area (Å²) < 4.78 is 0.720. The van der Waals surface area contributed by atoms with E-state index < -0.39 is 11.5 Å². The largest absolute Gasteiger partial charge is 0.507 e. The summed E-state index contributed by atoms with van der Waals surface area (Å²) in [6.45, 7) is 0. The highest BCUT2D eigenvalue weighted by atomic mass is 79.9. The Morgan fingerprint density at radius 2 is 1.88 bits per heavy atom. The topological polar surface area (TPSA) is 123 Å². The fourth-order valence-electron chi connectivity index (χ4n) is 2.35. The number of aromatic hydroxyl groups is 2. The number of hydrogen-bond acceptors (Lipinski definition) is 5. The molecule has 25 heavy (non-hydrogen) atoms. The Balaban J connectivity index is 2.14. The van der Waals surface area contributed by atoms with Crippen molar-refractivity contribution in [3.8, 4) is 11.6 Å². The molecule has 0 bridgehead atoms. The number of rotatable bonds is 3. The lowest BCUT2D eigenvalue weighted by Gasteiger charge is -2.05. The van der Waals surface area contributed by atoms with Gasteiger partial charge in [0.05, 0.1) is 11.3 Å². The van der Waals surface area contributed by atoms with Gasteiger partial charge in [-0.1, -0.05) is 15.9 Å². The lowest BCUT2D eigenvalue weighted by atomic mass is 10.1. The standard InChI is InChI=1S/C17H11BrN2O5/c18-8-1-3-10-11(5-8)13(16(23)20-15(10)22)7-19-9-2-4-14(21)12(6-9)17(24)25/h1-7,21H,(H,24,25)(H2,20,22,23). The normalized spacial score (nSPS) is 11.2. The summed E-state index contributed by atoms with van der Waals surface area (Å²) in [6, 6.07) is 8.84. The van der Waals surface area contributed by atoms with E-state index >= 15 is 0 Å². The lowest BCUT2D eigenvalue weighted by Crippen LogP contribution is -2.08. The van der Waals surface area contributed by atoms with Crippen LogP contribution in [-0.2, 0) is 0 Å². The van der Waals surface area contributed by atoms with Crippen LogP contribution in [0.25, 0.3) is 10.8 Å². The summed E-state index contributed by atoms with van der Waals surface area (Å²) in [5, 5.41) is 29.5. The third-order valence-electron chi connectivity index (χ3n) is 3.56. The van der Waals surface area contributed by atoms with Crippen molar-refractivity contribution in [3.63, 3.8) is 0 Å². The van der Waals surface area contributed by atoms with E-state index in [1.807, 2.05) is 0 Å². The Hall–Kier alpha value is -3.13. The minimum atomic E-state index is -1.28. The van der Waals surface area contributed by atoms with Gasteiger partial charge in [-0.05, 0) is 36.4 Å². The van der Waals surface area contributed by atoms with Gasteiger partial charge < -0.3 is 15.3 Å². The van der Waals surface area contributed by atoms with E-state index in [9.17, 15) is 19.8 Å². The van der Waals surface area contributed by atoms with Crippen LogP contribution in [-0.4, -0.2) is 32.5 Å². The number of hydrogen-bond donors (Lipinski definition) is 4. The molecule has 3 rings (SSSR count). The molecule has 0 fully saturated rings. The maximum Gasteiger partial charge on any atom is 0.339 e. The fraction of sp³-hybridized carbons (Fsp3) is 0. The van der Waals surface area contributed by atoms with Crippen molar-refractivity contribution < 1.29 is 20.1 Å². The number of carbonyl (C=O) groups is 1. The minimum absolute atomic E-state index is 0.268. The molecular weight excluding hydrogens is 392 g/mol. The number of aromatic carboxylic acids is 1. The zero-order chi connectivity index (χ0) is 18.1. The molecule has 0 unspecified atom stereocenters. The SMILES string of the molecule is O=C(O)c1cc(N=Cc2c(O)[nH]c(=O)c3ccc(Br)cc23)ccc1O. The van der Waals surface area contributed by atoms with Crippen molar-refractivity contribution in [1.29, 1.82) is 0 Å². The van der Waals surface area contributed by atoms with Crippen LogP contribution < -0.4 is 5.56 Å². The van der Waals surface area contributed by atoms with Crippen molar-refractivity contribution in [3.05, 3.63) is 62.4 Å². The van der Waals surface area contributed by atoms with Gasteiger partial charge in [-0.2, -0.15) is 0 Å². The van der Waals surface area contributed by atoms with Gasteiger partial charge in [0.15, 0.2) is 0 Å². The molecule has 4 N–H and O–H groups in total. The number of fused-ring (bicyclic) bond motifs is 1. The number of nitrogens with one attached hydrogen (secondary N) is 1. The first kappa shape index (κ1) is 16.7. The van der Waals surface area contributed by atoms with Crippen LogP contribution in [0.15, 0.2) is 50.7 Å². The number of carboxylic acid groups (broad SMARTS) is 1. The Morgan fingerprint density at radius 1 is 1.12 bits per heavy atom. The average Bonchev–Trinajstić information content (AvgIpc) is 2.55. The van der Waals surface area contributed by atoms with E-state index in [4.69, 9.17) is 5.11 Å². The van der Waals surface area contributed by atoms with Gasteiger partial charge in [-0.15, -0.1) is 0 Å². The molecule has 0 amide bonds. The third kappa shape index (κ3) is 3.24. The smallest absolute Gasteiger partial charge is 0.339 e. The molecule has 0 atom stereocenters. The molecule has 3 aromatic rings. The average molecular weight is 403 g/mol. The molecule has 7 nitrogen and oxygen atoms in total. The molecule has 8 heteroatoms. The van der Waals surface area contributed by atoms with Crippen molar-refractivity contribution in [2.75, 3.05) is 0 Å². The molecule has 0 radical (unpaired) electrons. The Morgan fingerprint density at radius 3 is 2.60 bits per heavy atom. The van der Waals surface area contributed by atoms with Crippen LogP contribution in [0.5, 0.6) is 11.6 Å². The van der Waals surface area contributed by atoms with E-state index in [1.54, 1.807) is 18.2 Å². The summed E-state index contributed by atoms with van der Waals surface area (Å²) in [7, 11) is 0. The number of nitrogens with zero attached hydrogens (tertiary/aromatic N) is 1. The number of benzene rings is 2. The lowest BCUT2D eigenvalue weighted by molar-refractivity contribution is 0.0693. The third-order valence-corrected chi connectivity index (χ3v) is 4.05. The van der Waals surface area contributed by atoms with Crippen LogP contribution in [0.3, 0.4) is 0 Å². The van der Waals surface area contributed by atoms with Crippen molar-refractivity contribution in [2.45, 2.75) is 0 Å². The second kappa shape index (κ2) is 6.40. The van der Waals surface area contributed by atoms with Gasteiger partial charge in [0, 0.05) is 21.5 Å². The number of halogens is 1. The second-order valence-corrected chi connectivity index (χ2v) is 6.09. The first-order valence-corrected chi connectivity index (χ1v) is 7.81. The second-order valence-electron chi connectivity index (χ2n) is 5.17. The highest BCUT2D eigenvalue weighted by molar-refractivity contribution is 9.10. The van der Waals surface area contributed by atoms with Crippen LogP contribution >= 0.6 is 15.9 Å². The van der Waals surface area contributed by atoms with Crippen molar-refractivity contribution in [2.24, 2.45) is 4.99 Å². The molecule has 1 heterocycles. The highest BCUT2D eigenvalue weighted by Gasteiger charge is 2.11. The molecule has 0 spiro atoms.